The summed E-state index contributed by atoms with van der Waals surface area (Å²) in [5.74, 6) is 0. The van der Waals surface area contributed by atoms with Crippen LogP contribution in [0.5, 0.6) is 0 Å². The molecule has 0 aliphatic carbocycles. The van der Waals surface area contributed by atoms with E-state index < -0.39 is 0 Å². The van der Waals surface area contributed by atoms with Crippen LogP contribution in [0, 0.1) is 24.8 Å². The topological polar surface area (TPSA) is 28.1 Å². The number of nitrogens with zero attached hydrogens (tertiary/aromatic N) is 2. The molecule has 0 bridgehead atoms. The lowest BCUT2D eigenvalue weighted by Crippen LogP contribution is -1.77. The lowest BCUT2D eigenvalue weighted by molar-refractivity contribution is 1.44. The van der Waals surface area contributed by atoms with Crippen molar-refractivity contribution in [3.05, 3.63) is 40.7 Å². The summed E-state index contributed by atoms with van der Waals surface area (Å²) >= 11 is 0. The molecular weight excluding hydrogens is 136 g/mol. The first kappa shape index (κ1) is 7.31. The summed E-state index contributed by atoms with van der Waals surface area (Å²) < 4.78 is 0. The van der Waals surface area contributed by atoms with E-state index in [1.165, 1.54) is 0 Å². The van der Waals surface area contributed by atoms with Crippen LogP contribution in [0.15, 0.2) is 18.2 Å². The Morgan fingerprint density at radius 2 is 2.27 bits per heavy atom. The van der Waals surface area contributed by atoms with Crippen molar-refractivity contribution < 1.29 is 0 Å². The summed E-state index contributed by atoms with van der Waals surface area (Å²) in [7, 11) is 0. The largest absolute Gasteiger partial charge is 0.236 e. The Bertz CT molecular complexity index is 353. The molecule has 11 heavy (non-hydrogen) atoms. The fourth-order valence-corrected chi connectivity index (χ4v) is 0.898. The summed E-state index contributed by atoms with van der Waals surface area (Å²) in [5, 5.41) is 8.58. The maximum atomic E-state index is 8.58. The zero-order chi connectivity index (χ0) is 8.27. The number of hydrogen-bond donors (Lipinski definition) is 0. The SMILES string of the molecule is [C-]#[N+]c1c(C)cccc1C#N. The van der Waals surface area contributed by atoms with Crippen LogP contribution in [0.1, 0.15) is 11.1 Å². The standard InChI is InChI=1S/C9H6N2/c1-7-4-3-5-8(6-10)9(7)11-2/h3-5H,1H3. The summed E-state index contributed by atoms with van der Waals surface area (Å²) in [6.07, 6.45) is 0. The maximum Gasteiger partial charge on any atom is 0.207 e. The van der Waals surface area contributed by atoms with Gasteiger partial charge >= 0.3 is 0 Å². The highest BCUT2D eigenvalue weighted by molar-refractivity contribution is 5.62. The quantitative estimate of drug-likeness (QED) is 0.511. The molecule has 0 aliphatic heterocycles. The van der Waals surface area contributed by atoms with Crippen molar-refractivity contribution in [3.63, 3.8) is 0 Å². The molecule has 0 unspecified atom stereocenters. The van der Waals surface area contributed by atoms with Crippen LogP contribution in [-0.2, 0) is 0 Å². The van der Waals surface area contributed by atoms with Gasteiger partial charge in [0.05, 0.1) is 18.2 Å². The molecule has 0 atom stereocenters. The van der Waals surface area contributed by atoms with E-state index in [0.717, 1.165) is 5.56 Å². The summed E-state index contributed by atoms with van der Waals surface area (Å²) in [6, 6.07) is 7.23. The van der Waals surface area contributed by atoms with Gasteiger partial charge in [-0.15, -0.1) is 0 Å². The van der Waals surface area contributed by atoms with Gasteiger partial charge in [-0.2, -0.15) is 5.26 Å². The molecule has 0 heterocycles. The highest BCUT2D eigenvalue weighted by atomic mass is 14.7. The van der Waals surface area contributed by atoms with E-state index in [1.807, 2.05) is 19.1 Å². The molecular formula is C9H6N2. The van der Waals surface area contributed by atoms with Crippen molar-refractivity contribution >= 4 is 5.69 Å². The molecule has 0 radical (unpaired) electrons. The van der Waals surface area contributed by atoms with Gasteiger partial charge in [0.15, 0.2) is 0 Å². The molecule has 2 nitrogen and oxygen atoms in total. The van der Waals surface area contributed by atoms with Gasteiger partial charge < -0.3 is 0 Å². The second-order valence-electron chi connectivity index (χ2n) is 2.19. The number of benzene rings is 1. The molecule has 1 aromatic carbocycles. The van der Waals surface area contributed by atoms with E-state index in [-0.39, 0.29) is 0 Å². The Kier molecular flexibility index (Phi) is 1.90. The first-order valence-corrected chi connectivity index (χ1v) is 3.16. The van der Waals surface area contributed by atoms with Crippen LogP contribution < -0.4 is 0 Å². The Morgan fingerprint density at radius 3 is 2.73 bits per heavy atom. The molecule has 0 saturated heterocycles. The Balaban J connectivity index is 3.42. The van der Waals surface area contributed by atoms with Gasteiger partial charge in [0, 0.05) is 0 Å². The van der Waals surface area contributed by atoms with Crippen LogP contribution in [-0.4, -0.2) is 0 Å². The number of aryl methyl sites for hydroxylation is 1. The van der Waals surface area contributed by atoms with Gasteiger partial charge in [0.1, 0.15) is 0 Å². The van der Waals surface area contributed by atoms with Crippen molar-refractivity contribution in [1.82, 2.24) is 0 Å². The predicted octanol–water partition coefficient (Wildman–Crippen LogP) is 2.42. The molecule has 1 aromatic rings. The molecule has 0 fully saturated rings. The Labute approximate surface area is 65.5 Å². The summed E-state index contributed by atoms with van der Waals surface area (Å²) in [5.41, 5.74) is 1.79. The maximum absolute atomic E-state index is 8.58. The normalized spacial score (nSPS) is 8.27. The minimum absolute atomic E-state index is 0.458. The average molecular weight is 142 g/mol. The van der Waals surface area contributed by atoms with Crippen LogP contribution in [0.4, 0.5) is 5.69 Å². The summed E-state index contributed by atoms with van der Waals surface area (Å²) in [6.45, 7) is 8.63. The number of rotatable bonds is 0. The van der Waals surface area contributed by atoms with Crippen LogP contribution >= 0.6 is 0 Å². The van der Waals surface area contributed by atoms with Gasteiger partial charge in [0.25, 0.3) is 0 Å². The highest BCUT2D eigenvalue weighted by Crippen LogP contribution is 2.22. The van der Waals surface area contributed by atoms with Crippen molar-refractivity contribution in [2.45, 2.75) is 6.92 Å². The van der Waals surface area contributed by atoms with E-state index in [9.17, 15) is 0 Å². The van der Waals surface area contributed by atoms with Gasteiger partial charge in [-0.3, -0.25) is 0 Å². The monoisotopic (exact) mass is 142 g/mol. The van der Waals surface area contributed by atoms with Crippen LogP contribution in [0.3, 0.4) is 0 Å². The van der Waals surface area contributed by atoms with Crippen molar-refractivity contribution in [3.8, 4) is 6.07 Å². The minimum atomic E-state index is 0.458. The third kappa shape index (κ3) is 1.20. The molecule has 0 aliphatic rings. The van der Waals surface area contributed by atoms with Gasteiger partial charge in [-0.05, 0) is 12.5 Å². The smallest absolute Gasteiger partial charge is 0.207 e. The first-order chi connectivity index (χ1) is 5.29. The van der Waals surface area contributed by atoms with Crippen molar-refractivity contribution in [1.29, 1.82) is 5.26 Å². The molecule has 1 rings (SSSR count). The first-order valence-electron chi connectivity index (χ1n) is 3.16. The second kappa shape index (κ2) is 2.86. The zero-order valence-electron chi connectivity index (χ0n) is 6.13. The third-order valence-corrected chi connectivity index (χ3v) is 1.47. The van der Waals surface area contributed by atoms with Crippen molar-refractivity contribution in [2.24, 2.45) is 0 Å². The van der Waals surface area contributed by atoms with E-state index in [1.54, 1.807) is 12.1 Å². The van der Waals surface area contributed by atoms with Crippen LogP contribution in [0.25, 0.3) is 4.85 Å². The molecule has 0 amide bonds. The number of nitriles is 1. The molecule has 0 aromatic heterocycles. The average Bonchev–Trinajstić information content (AvgIpc) is 2.04. The van der Waals surface area contributed by atoms with E-state index in [0.29, 0.717) is 11.3 Å². The molecule has 0 N–H and O–H groups in total. The molecule has 2 heteroatoms. The second-order valence-corrected chi connectivity index (χ2v) is 2.19. The lowest BCUT2D eigenvalue weighted by atomic mass is 10.1. The minimum Gasteiger partial charge on any atom is -0.236 e. The Hall–Kier alpha value is -1.80. The van der Waals surface area contributed by atoms with E-state index in [4.69, 9.17) is 11.8 Å². The fraction of sp³-hybridized carbons (Fsp3) is 0.111. The lowest BCUT2D eigenvalue weighted by Gasteiger charge is -1.96. The van der Waals surface area contributed by atoms with Gasteiger partial charge in [-0.25, -0.2) is 4.85 Å². The van der Waals surface area contributed by atoms with Crippen LogP contribution in [0.2, 0.25) is 0 Å². The van der Waals surface area contributed by atoms with Gasteiger partial charge in [0.2, 0.25) is 5.69 Å². The zero-order valence-corrected chi connectivity index (χ0v) is 6.13. The number of hydrogen-bond acceptors (Lipinski definition) is 1. The molecule has 0 saturated carbocycles. The van der Waals surface area contributed by atoms with Crippen molar-refractivity contribution in [2.75, 3.05) is 0 Å². The molecule has 0 spiro atoms. The highest BCUT2D eigenvalue weighted by Gasteiger charge is 2.02. The number of para-hydroxylation sites is 1. The summed E-state index contributed by atoms with van der Waals surface area (Å²) in [4.78, 5) is 3.27. The van der Waals surface area contributed by atoms with E-state index >= 15 is 0 Å². The Morgan fingerprint density at radius 1 is 1.55 bits per heavy atom. The third-order valence-electron chi connectivity index (χ3n) is 1.47. The van der Waals surface area contributed by atoms with Gasteiger partial charge in [-0.1, -0.05) is 18.2 Å². The predicted molar refractivity (Wildman–Crippen MR) is 42.2 cm³/mol. The van der Waals surface area contributed by atoms with E-state index in [2.05, 4.69) is 4.85 Å². The fourth-order valence-electron chi connectivity index (χ4n) is 0.898. The molecule has 52 valence electrons.